The molecule has 1 aromatic carbocycles. The van der Waals surface area contributed by atoms with Crippen LogP contribution in [-0.4, -0.2) is 37.2 Å². The SMILES string of the molecule is C=CCC1(CC(C)C)CC(C(OC)OC)ON1Cc1ccccc1. The smallest absolute Gasteiger partial charge is 0.185 e. The second-order valence-electron chi connectivity index (χ2n) is 7.03. The van der Waals surface area contributed by atoms with Crippen LogP contribution in [0.1, 0.15) is 38.7 Å². The molecule has 2 rings (SSSR count). The molecule has 0 amide bonds. The summed E-state index contributed by atoms with van der Waals surface area (Å²) in [4.78, 5) is 6.31. The Morgan fingerprint density at radius 2 is 1.96 bits per heavy atom. The van der Waals surface area contributed by atoms with Crippen molar-refractivity contribution < 1.29 is 14.3 Å². The minimum atomic E-state index is -0.359. The van der Waals surface area contributed by atoms with Gasteiger partial charge in [0.05, 0.1) is 5.54 Å². The average molecular weight is 333 g/mol. The van der Waals surface area contributed by atoms with Crippen LogP contribution in [0.15, 0.2) is 43.0 Å². The monoisotopic (exact) mass is 333 g/mol. The van der Waals surface area contributed by atoms with E-state index in [1.54, 1.807) is 14.2 Å². The van der Waals surface area contributed by atoms with E-state index in [0.29, 0.717) is 5.92 Å². The van der Waals surface area contributed by atoms with Crippen molar-refractivity contribution in [3.63, 3.8) is 0 Å². The normalized spacial score (nSPS) is 24.8. The summed E-state index contributed by atoms with van der Waals surface area (Å²) in [7, 11) is 3.32. The van der Waals surface area contributed by atoms with Crippen molar-refractivity contribution >= 4 is 0 Å². The fourth-order valence-corrected chi connectivity index (χ4v) is 3.77. The Hall–Kier alpha value is -1.20. The molecule has 2 unspecified atom stereocenters. The van der Waals surface area contributed by atoms with Gasteiger partial charge in [0, 0.05) is 27.2 Å². The Kier molecular flexibility index (Phi) is 6.99. The van der Waals surface area contributed by atoms with Crippen LogP contribution in [0.25, 0.3) is 0 Å². The molecular formula is C20H31NO3. The molecule has 2 atom stereocenters. The fourth-order valence-electron chi connectivity index (χ4n) is 3.77. The van der Waals surface area contributed by atoms with Crippen molar-refractivity contribution in [1.29, 1.82) is 0 Å². The molecule has 1 aliphatic heterocycles. The molecule has 24 heavy (non-hydrogen) atoms. The van der Waals surface area contributed by atoms with E-state index in [1.165, 1.54) is 5.56 Å². The zero-order valence-electron chi connectivity index (χ0n) is 15.4. The summed E-state index contributed by atoms with van der Waals surface area (Å²) in [5.41, 5.74) is 1.16. The lowest BCUT2D eigenvalue weighted by molar-refractivity contribution is -0.252. The van der Waals surface area contributed by atoms with Crippen LogP contribution in [0.2, 0.25) is 0 Å². The molecule has 1 aliphatic rings. The molecule has 0 N–H and O–H groups in total. The largest absolute Gasteiger partial charge is 0.353 e. The molecule has 0 aromatic heterocycles. The number of hydroxylamine groups is 2. The lowest BCUT2D eigenvalue weighted by Crippen LogP contribution is -2.43. The molecule has 4 nitrogen and oxygen atoms in total. The summed E-state index contributed by atoms with van der Waals surface area (Å²) in [6.07, 6.45) is 4.33. The van der Waals surface area contributed by atoms with E-state index in [2.05, 4.69) is 49.8 Å². The van der Waals surface area contributed by atoms with Crippen LogP contribution >= 0.6 is 0 Å². The first-order valence-corrected chi connectivity index (χ1v) is 8.69. The van der Waals surface area contributed by atoms with Crippen LogP contribution < -0.4 is 0 Å². The Morgan fingerprint density at radius 3 is 2.50 bits per heavy atom. The van der Waals surface area contributed by atoms with E-state index in [4.69, 9.17) is 14.3 Å². The van der Waals surface area contributed by atoms with E-state index in [-0.39, 0.29) is 17.9 Å². The van der Waals surface area contributed by atoms with Crippen molar-refractivity contribution in [1.82, 2.24) is 5.06 Å². The molecule has 1 saturated heterocycles. The summed E-state index contributed by atoms with van der Waals surface area (Å²) < 4.78 is 10.9. The van der Waals surface area contributed by atoms with E-state index in [0.717, 1.165) is 25.8 Å². The maximum Gasteiger partial charge on any atom is 0.185 e. The first-order valence-electron chi connectivity index (χ1n) is 8.69. The van der Waals surface area contributed by atoms with Crippen molar-refractivity contribution in [2.24, 2.45) is 5.92 Å². The van der Waals surface area contributed by atoms with Gasteiger partial charge in [-0.15, -0.1) is 6.58 Å². The quantitative estimate of drug-likeness (QED) is 0.501. The van der Waals surface area contributed by atoms with E-state index < -0.39 is 0 Å². The van der Waals surface area contributed by atoms with Gasteiger partial charge in [-0.25, -0.2) is 0 Å². The molecule has 1 heterocycles. The fraction of sp³-hybridized carbons (Fsp3) is 0.600. The molecule has 4 heteroatoms. The Morgan fingerprint density at radius 1 is 1.29 bits per heavy atom. The molecule has 0 radical (unpaired) electrons. The van der Waals surface area contributed by atoms with Gasteiger partial charge in [0.1, 0.15) is 6.10 Å². The maximum atomic E-state index is 6.31. The number of hydrogen-bond acceptors (Lipinski definition) is 4. The van der Waals surface area contributed by atoms with Crippen molar-refractivity contribution in [2.75, 3.05) is 14.2 Å². The second-order valence-corrected chi connectivity index (χ2v) is 7.03. The highest BCUT2D eigenvalue weighted by Gasteiger charge is 2.49. The average Bonchev–Trinajstić information content (AvgIpc) is 2.87. The Labute approximate surface area is 146 Å². The Balaban J connectivity index is 2.28. The number of rotatable bonds is 9. The maximum absolute atomic E-state index is 6.31. The molecule has 0 spiro atoms. The van der Waals surface area contributed by atoms with Gasteiger partial charge in [0.25, 0.3) is 0 Å². The van der Waals surface area contributed by atoms with Crippen LogP contribution in [0.4, 0.5) is 0 Å². The molecule has 1 fully saturated rings. The summed E-state index contributed by atoms with van der Waals surface area (Å²) in [5.74, 6) is 0.564. The van der Waals surface area contributed by atoms with Gasteiger partial charge in [-0.05, 0) is 24.3 Å². The topological polar surface area (TPSA) is 30.9 Å². The number of hydrogen-bond donors (Lipinski definition) is 0. The third-order valence-electron chi connectivity index (χ3n) is 4.62. The van der Waals surface area contributed by atoms with Crippen LogP contribution in [0.5, 0.6) is 0 Å². The van der Waals surface area contributed by atoms with Gasteiger partial charge in [0.15, 0.2) is 6.29 Å². The minimum absolute atomic E-state index is 0.0776. The van der Waals surface area contributed by atoms with Gasteiger partial charge in [-0.1, -0.05) is 50.3 Å². The lowest BCUT2D eigenvalue weighted by Gasteiger charge is -2.37. The standard InChI is InChI=1S/C20H31NO3/c1-6-12-20(13-16(2)3)14-18(19(22-4)23-5)24-21(20)15-17-10-8-7-9-11-17/h6-11,16,18-19H,1,12-15H2,2-5H3. The van der Waals surface area contributed by atoms with Crippen molar-refractivity contribution in [2.45, 2.75) is 57.6 Å². The predicted octanol–water partition coefficient (Wildman–Crippen LogP) is 4.17. The van der Waals surface area contributed by atoms with Gasteiger partial charge in [-0.3, -0.25) is 4.84 Å². The summed E-state index contributed by atoms with van der Waals surface area (Å²) in [6.45, 7) is 9.24. The highest BCUT2D eigenvalue weighted by Crippen LogP contribution is 2.42. The first kappa shape index (κ1) is 19.1. The number of benzene rings is 1. The van der Waals surface area contributed by atoms with Crippen molar-refractivity contribution in [3.05, 3.63) is 48.6 Å². The van der Waals surface area contributed by atoms with Gasteiger partial charge in [-0.2, -0.15) is 5.06 Å². The number of methoxy groups -OCH3 is 2. The van der Waals surface area contributed by atoms with Crippen LogP contribution in [0.3, 0.4) is 0 Å². The van der Waals surface area contributed by atoms with Gasteiger partial charge >= 0.3 is 0 Å². The molecule has 0 bridgehead atoms. The zero-order valence-corrected chi connectivity index (χ0v) is 15.4. The van der Waals surface area contributed by atoms with Gasteiger partial charge < -0.3 is 9.47 Å². The van der Waals surface area contributed by atoms with E-state index >= 15 is 0 Å². The first-order chi connectivity index (χ1) is 11.5. The van der Waals surface area contributed by atoms with Gasteiger partial charge in [0.2, 0.25) is 0 Å². The zero-order chi connectivity index (χ0) is 17.6. The molecule has 0 aliphatic carbocycles. The third-order valence-corrected chi connectivity index (χ3v) is 4.62. The highest BCUT2D eigenvalue weighted by molar-refractivity contribution is 5.15. The summed E-state index contributed by atoms with van der Waals surface area (Å²) in [6, 6.07) is 10.4. The lowest BCUT2D eigenvalue weighted by atomic mass is 9.81. The molecular weight excluding hydrogens is 302 g/mol. The molecule has 0 saturated carbocycles. The van der Waals surface area contributed by atoms with Crippen molar-refractivity contribution in [3.8, 4) is 0 Å². The predicted molar refractivity (Wildman–Crippen MR) is 96.3 cm³/mol. The van der Waals surface area contributed by atoms with Crippen LogP contribution in [-0.2, 0) is 20.9 Å². The molecule has 134 valence electrons. The third kappa shape index (κ3) is 4.45. The van der Waals surface area contributed by atoms with E-state index in [1.807, 2.05) is 12.1 Å². The summed E-state index contributed by atoms with van der Waals surface area (Å²) in [5, 5.41) is 2.14. The highest BCUT2D eigenvalue weighted by atomic mass is 16.7. The minimum Gasteiger partial charge on any atom is -0.353 e. The van der Waals surface area contributed by atoms with E-state index in [9.17, 15) is 0 Å². The summed E-state index contributed by atoms with van der Waals surface area (Å²) >= 11 is 0. The number of ether oxygens (including phenoxy) is 2. The second kappa shape index (κ2) is 8.77. The van der Waals surface area contributed by atoms with Crippen LogP contribution in [0, 0.1) is 5.92 Å². The number of nitrogens with zero attached hydrogens (tertiary/aromatic N) is 1. The molecule has 1 aromatic rings. The Bertz CT molecular complexity index is 501.